The molecule has 0 unspecified atom stereocenters. The predicted molar refractivity (Wildman–Crippen MR) is 78.2 cm³/mol. The minimum absolute atomic E-state index is 0.233. The van der Waals surface area contributed by atoms with Gasteiger partial charge < -0.3 is 15.4 Å². The van der Waals surface area contributed by atoms with E-state index in [9.17, 15) is 5.11 Å². The van der Waals surface area contributed by atoms with Gasteiger partial charge in [0, 0.05) is 18.8 Å². The number of nitrogens with zero attached hydrogens (tertiary/aromatic N) is 2. The zero-order valence-electron chi connectivity index (χ0n) is 10.1. The van der Waals surface area contributed by atoms with E-state index in [1.165, 1.54) is 0 Å². The third-order valence-electron chi connectivity index (χ3n) is 2.86. The summed E-state index contributed by atoms with van der Waals surface area (Å²) in [7, 11) is 1.85. The summed E-state index contributed by atoms with van der Waals surface area (Å²) in [5.41, 5.74) is 3.31. The summed E-state index contributed by atoms with van der Waals surface area (Å²) in [5.74, 6) is 0.953. The Labute approximate surface area is 117 Å². The summed E-state index contributed by atoms with van der Waals surface area (Å²) in [6, 6.07) is 6.87. The van der Waals surface area contributed by atoms with Gasteiger partial charge in [0.25, 0.3) is 0 Å². The lowest BCUT2D eigenvalue weighted by atomic mass is 10.2. The van der Waals surface area contributed by atoms with E-state index in [0.29, 0.717) is 5.65 Å². The molecule has 2 aromatic heterocycles. The van der Waals surface area contributed by atoms with Crippen molar-refractivity contribution in [2.24, 2.45) is 0 Å². The normalized spacial score (nSPS) is 10.8. The number of halogens is 1. The van der Waals surface area contributed by atoms with Crippen LogP contribution in [0.2, 0.25) is 0 Å². The number of aromatic amines is 1. The van der Waals surface area contributed by atoms with Crippen LogP contribution in [0.15, 0.2) is 34.9 Å². The molecule has 0 bridgehead atoms. The van der Waals surface area contributed by atoms with Crippen LogP contribution < -0.4 is 5.32 Å². The second kappa shape index (κ2) is 4.55. The minimum atomic E-state index is 0.233. The van der Waals surface area contributed by atoms with E-state index < -0.39 is 0 Å². The van der Waals surface area contributed by atoms with Crippen molar-refractivity contribution in [3.05, 3.63) is 34.9 Å². The number of phenolic OH excluding ortho intramolecular Hbond substituents is 1. The standard InChI is InChI=1S/C13H11BrN4O/c1-15-10-9(14)6-16-13-11(10)17-12(18-13)7-2-4-8(19)5-3-7/h2-6,19H,1H3,(H2,15,16,17,18). The van der Waals surface area contributed by atoms with Crippen molar-refractivity contribution in [2.45, 2.75) is 0 Å². The average Bonchev–Trinajstić information content (AvgIpc) is 2.83. The van der Waals surface area contributed by atoms with Gasteiger partial charge in [0.1, 0.15) is 17.1 Å². The molecule has 0 aliphatic rings. The Morgan fingerprint density at radius 2 is 2.00 bits per heavy atom. The fraction of sp³-hybridized carbons (Fsp3) is 0.0769. The average molecular weight is 319 g/mol. The molecule has 6 heteroatoms. The Kier molecular flexibility index (Phi) is 2.87. The van der Waals surface area contributed by atoms with Crippen LogP contribution in [-0.4, -0.2) is 27.1 Å². The first kappa shape index (κ1) is 12.0. The van der Waals surface area contributed by atoms with Crippen LogP contribution in [0.3, 0.4) is 0 Å². The molecule has 0 saturated heterocycles. The number of rotatable bonds is 2. The molecule has 3 rings (SSSR count). The lowest BCUT2D eigenvalue weighted by Crippen LogP contribution is -1.92. The van der Waals surface area contributed by atoms with Gasteiger partial charge in [-0.1, -0.05) is 0 Å². The van der Waals surface area contributed by atoms with Gasteiger partial charge in [0.05, 0.1) is 10.2 Å². The van der Waals surface area contributed by atoms with Gasteiger partial charge in [-0.05, 0) is 40.2 Å². The van der Waals surface area contributed by atoms with E-state index in [2.05, 4.69) is 36.2 Å². The largest absolute Gasteiger partial charge is 0.508 e. The molecule has 0 spiro atoms. The molecule has 0 atom stereocenters. The third kappa shape index (κ3) is 2.04. The minimum Gasteiger partial charge on any atom is -0.508 e. The molecule has 3 aromatic rings. The molecule has 0 fully saturated rings. The van der Waals surface area contributed by atoms with Gasteiger partial charge >= 0.3 is 0 Å². The van der Waals surface area contributed by atoms with Crippen molar-refractivity contribution < 1.29 is 5.11 Å². The lowest BCUT2D eigenvalue weighted by molar-refractivity contribution is 0.475. The van der Waals surface area contributed by atoms with Crippen LogP contribution in [0.4, 0.5) is 5.69 Å². The number of imidazole rings is 1. The fourth-order valence-corrected chi connectivity index (χ4v) is 2.43. The summed E-state index contributed by atoms with van der Waals surface area (Å²) in [6.07, 6.45) is 1.72. The molecule has 0 radical (unpaired) electrons. The molecular weight excluding hydrogens is 308 g/mol. The maximum atomic E-state index is 9.30. The van der Waals surface area contributed by atoms with Gasteiger partial charge in [0.15, 0.2) is 5.65 Å². The Hall–Kier alpha value is -2.08. The number of aromatic hydroxyl groups is 1. The second-order valence-corrected chi connectivity index (χ2v) is 4.92. The van der Waals surface area contributed by atoms with E-state index in [1.807, 2.05) is 7.05 Å². The van der Waals surface area contributed by atoms with E-state index in [0.717, 1.165) is 27.1 Å². The number of benzene rings is 1. The van der Waals surface area contributed by atoms with Crippen LogP contribution in [-0.2, 0) is 0 Å². The molecule has 5 nitrogen and oxygen atoms in total. The van der Waals surface area contributed by atoms with Crippen LogP contribution >= 0.6 is 15.9 Å². The number of nitrogens with one attached hydrogen (secondary N) is 2. The van der Waals surface area contributed by atoms with Gasteiger partial charge in [-0.2, -0.15) is 0 Å². The number of hydrogen-bond donors (Lipinski definition) is 3. The van der Waals surface area contributed by atoms with Crippen molar-refractivity contribution >= 4 is 32.8 Å². The van der Waals surface area contributed by atoms with Crippen LogP contribution in [0.5, 0.6) is 5.75 Å². The first-order valence-corrected chi connectivity index (χ1v) is 6.49. The number of anilines is 1. The van der Waals surface area contributed by atoms with Crippen molar-refractivity contribution in [1.82, 2.24) is 15.0 Å². The SMILES string of the molecule is CNc1c(Br)cnc2nc(-c3ccc(O)cc3)[nH]c12. The molecule has 0 amide bonds. The molecule has 0 saturated carbocycles. The van der Waals surface area contributed by atoms with Gasteiger partial charge in [-0.15, -0.1) is 0 Å². The predicted octanol–water partition coefficient (Wildman–Crippen LogP) is 3.13. The molecule has 0 aliphatic heterocycles. The third-order valence-corrected chi connectivity index (χ3v) is 3.47. The second-order valence-electron chi connectivity index (χ2n) is 4.06. The zero-order chi connectivity index (χ0) is 13.4. The quantitative estimate of drug-likeness (QED) is 0.678. The Balaban J connectivity index is 2.19. The van der Waals surface area contributed by atoms with Crippen LogP contribution in [0.25, 0.3) is 22.6 Å². The number of aromatic nitrogens is 3. The molecular formula is C13H11BrN4O. The first-order chi connectivity index (χ1) is 9.19. The summed E-state index contributed by atoms with van der Waals surface area (Å²) in [4.78, 5) is 12.0. The Bertz CT molecular complexity index is 736. The molecule has 19 heavy (non-hydrogen) atoms. The molecule has 96 valence electrons. The number of fused-ring (bicyclic) bond motifs is 1. The van der Waals surface area contributed by atoms with Crippen molar-refractivity contribution in [3.63, 3.8) is 0 Å². The summed E-state index contributed by atoms with van der Waals surface area (Å²) in [5, 5.41) is 12.4. The van der Waals surface area contributed by atoms with E-state index in [4.69, 9.17) is 0 Å². The van der Waals surface area contributed by atoms with Crippen molar-refractivity contribution in [1.29, 1.82) is 0 Å². The fourth-order valence-electron chi connectivity index (χ4n) is 1.93. The topological polar surface area (TPSA) is 73.8 Å². The van der Waals surface area contributed by atoms with Crippen LogP contribution in [0, 0.1) is 0 Å². The zero-order valence-corrected chi connectivity index (χ0v) is 11.7. The lowest BCUT2D eigenvalue weighted by Gasteiger charge is -2.02. The van der Waals surface area contributed by atoms with Gasteiger partial charge in [-0.3, -0.25) is 0 Å². The first-order valence-electron chi connectivity index (χ1n) is 5.70. The number of hydrogen-bond acceptors (Lipinski definition) is 4. The summed E-state index contributed by atoms with van der Waals surface area (Å²) < 4.78 is 0.878. The summed E-state index contributed by atoms with van der Waals surface area (Å²) >= 11 is 3.45. The summed E-state index contributed by atoms with van der Waals surface area (Å²) in [6.45, 7) is 0. The molecule has 1 aromatic carbocycles. The maximum Gasteiger partial charge on any atom is 0.180 e. The maximum absolute atomic E-state index is 9.30. The van der Waals surface area contributed by atoms with Crippen LogP contribution in [0.1, 0.15) is 0 Å². The highest BCUT2D eigenvalue weighted by molar-refractivity contribution is 9.10. The smallest absolute Gasteiger partial charge is 0.180 e. The molecule has 2 heterocycles. The Morgan fingerprint density at radius 1 is 1.26 bits per heavy atom. The highest BCUT2D eigenvalue weighted by atomic mass is 79.9. The Morgan fingerprint density at radius 3 is 2.68 bits per heavy atom. The van der Waals surface area contributed by atoms with Gasteiger partial charge in [-0.25, -0.2) is 9.97 Å². The van der Waals surface area contributed by atoms with Crippen molar-refractivity contribution in [3.8, 4) is 17.1 Å². The van der Waals surface area contributed by atoms with E-state index >= 15 is 0 Å². The molecule has 3 N–H and O–H groups in total. The van der Waals surface area contributed by atoms with Gasteiger partial charge in [0.2, 0.25) is 0 Å². The molecule has 0 aliphatic carbocycles. The highest BCUT2D eigenvalue weighted by Gasteiger charge is 2.11. The number of phenols is 1. The van der Waals surface area contributed by atoms with Crippen molar-refractivity contribution in [2.75, 3.05) is 12.4 Å². The van der Waals surface area contributed by atoms with E-state index in [-0.39, 0.29) is 5.75 Å². The monoisotopic (exact) mass is 318 g/mol. The van der Waals surface area contributed by atoms with E-state index in [1.54, 1.807) is 30.5 Å². The number of pyridine rings is 1. The number of H-pyrrole nitrogens is 1. The highest BCUT2D eigenvalue weighted by Crippen LogP contribution is 2.30.